The molecule has 0 N–H and O–H groups in total. The topological polar surface area (TPSA) is 0 Å². The van der Waals surface area contributed by atoms with E-state index in [9.17, 15) is 8.78 Å². The number of benzene rings is 3. The van der Waals surface area contributed by atoms with E-state index >= 15 is 4.39 Å². The average Bonchev–Trinajstić information content (AvgIpc) is 2.88. The van der Waals surface area contributed by atoms with Gasteiger partial charge < -0.3 is 0 Å². The molecule has 0 radical (unpaired) electrons. The third-order valence-electron chi connectivity index (χ3n) is 7.76. The van der Waals surface area contributed by atoms with Crippen molar-refractivity contribution >= 4 is 10.8 Å². The second-order valence-corrected chi connectivity index (χ2v) is 10.1. The highest BCUT2D eigenvalue weighted by Crippen LogP contribution is 2.39. The molecule has 3 aromatic carbocycles. The van der Waals surface area contributed by atoms with Gasteiger partial charge in [-0.15, -0.1) is 0 Å². The molecular formula is C32H37F3. The fraction of sp³-hybridized carbons (Fsp3) is 0.438. The Labute approximate surface area is 208 Å². The van der Waals surface area contributed by atoms with E-state index in [-0.39, 0.29) is 5.39 Å². The van der Waals surface area contributed by atoms with Crippen molar-refractivity contribution in [3.05, 3.63) is 83.2 Å². The zero-order valence-corrected chi connectivity index (χ0v) is 21.1. The first kappa shape index (κ1) is 25.5. The molecule has 1 fully saturated rings. The van der Waals surface area contributed by atoms with Crippen molar-refractivity contribution in [3.63, 3.8) is 0 Å². The van der Waals surface area contributed by atoms with Gasteiger partial charge in [0, 0.05) is 5.56 Å². The highest BCUT2D eigenvalue weighted by atomic mass is 19.2. The number of hydrogen-bond donors (Lipinski definition) is 0. The lowest BCUT2D eigenvalue weighted by Crippen LogP contribution is -2.13. The fourth-order valence-corrected chi connectivity index (χ4v) is 5.62. The molecule has 0 unspecified atom stereocenters. The molecule has 1 aliphatic rings. The fourth-order valence-electron chi connectivity index (χ4n) is 5.62. The lowest BCUT2D eigenvalue weighted by Gasteiger charge is -2.28. The van der Waals surface area contributed by atoms with E-state index in [1.165, 1.54) is 44.1 Å². The molecule has 1 aliphatic carbocycles. The van der Waals surface area contributed by atoms with E-state index in [0.29, 0.717) is 34.4 Å². The van der Waals surface area contributed by atoms with Gasteiger partial charge in [0.1, 0.15) is 5.82 Å². The summed E-state index contributed by atoms with van der Waals surface area (Å²) >= 11 is 0. The third-order valence-corrected chi connectivity index (χ3v) is 7.76. The summed E-state index contributed by atoms with van der Waals surface area (Å²) in [7, 11) is 0. The number of allylic oxidation sites excluding steroid dienone is 2. The van der Waals surface area contributed by atoms with Crippen molar-refractivity contribution in [1.82, 2.24) is 0 Å². The van der Waals surface area contributed by atoms with Crippen LogP contribution in [0.1, 0.15) is 88.7 Å². The van der Waals surface area contributed by atoms with Crippen LogP contribution in [-0.4, -0.2) is 0 Å². The maximum atomic E-state index is 15.4. The molecule has 35 heavy (non-hydrogen) atoms. The standard InChI is InChI=1S/C32H37F3/c1-3-5-7-9-22-11-13-23(14-12-22)24-15-17-25(18-16-24)28-20-19-26-21-27(10-8-6-4-2)30(33)32(35)29(26)31(28)34/h3,5,15-23H,4,6-14H2,1-2H3/b5-3+. The van der Waals surface area contributed by atoms with E-state index < -0.39 is 17.5 Å². The minimum absolute atomic E-state index is 0.250. The maximum Gasteiger partial charge on any atom is 0.169 e. The van der Waals surface area contributed by atoms with Crippen molar-refractivity contribution in [3.8, 4) is 11.1 Å². The number of hydrogen-bond acceptors (Lipinski definition) is 0. The number of rotatable bonds is 9. The summed E-state index contributed by atoms with van der Waals surface area (Å²) in [5.74, 6) is -1.32. The number of halogens is 3. The van der Waals surface area contributed by atoms with E-state index in [1.807, 2.05) is 12.1 Å². The number of unbranched alkanes of at least 4 members (excludes halogenated alkanes) is 2. The summed E-state index contributed by atoms with van der Waals surface area (Å²) in [6, 6.07) is 13.0. The zero-order valence-electron chi connectivity index (χ0n) is 21.1. The van der Waals surface area contributed by atoms with Gasteiger partial charge in [-0.2, -0.15) is 0 Å². The van der Waals surface area contributed by atoms with Crippen molar-refractivity contribution in [2.45, 2.75) is 84.0 Å². The predicted octanol–water partition coefficient (Wildman–Crippen LogP) is 10.3. The van der Waals surface area contributed by atoms with Gasteiger partial charge in [0.05, 0.1) is 5.39 Å². The van der Waals surface area contributed by atoms with Crippen molar-refractivity contribution in [1.29, 1.82) is 0 Å². The van der Waals surface area contributed by atoms with Crippen LogP contribution in [-0.2, 0) is 6.42 Å². The molecule has 3 aromatic rings. The van der Waals surface area contributed by atoms with Crippen LogP contribution < -0.4 is 0 Å². The highest BCUT2D eigenvalue weighted by Gasteiger charge is 2.23. The Morgan fingerprint density at radius 2 is 1.60 bits per heavy atom. The Morgan fingerprint density at radius 1 is 0.857 bits per heavy atom. The monoisotopic (exact) mass is 478 g/mol. The second-order valence-electron chi connectivity index (χ2n) is 10.1. The molecule has 0 saturated heterocycles. The molecule has 186 valence electrons. The van der Waals surface area contributed by atoms with Crippen molar-refractivity contribution < 1.29 is 13.2 Å². The molecular weight excluding hydrogens is 441 g/mol. The molecule has 0 atom stereocenters. The first-order valence-corrected chi connectivity index (χ1v) is 13.3. The average molecular weight is 479 g/mol. The summed E-state index contributed by atoms with van der Waals surface area (Å²) in [4.78, 5) is 0. The minimum atomic E-state index is -1.07. The molecule has 0 bridgehead atoms. The zero-order chi connectivity index (χ0) is 24.8. The van der Waals surface area contributed by atoms with Gasteiger partial charge in [0.2, 0.25) is 0 Å². The van der Waals surface area contributed by atoms with Gasteiger partial charge in [0.15, 0.2) is 11.6 Å². The van der Waals surface area contributed by atoms with Gasteiger partial charge in [-0.05, 0) is 98.3 Å². The maximum absolute atomic E-state index is 15.4. The Morgan fingerprint density at radius 3 is 2.29 bits per heavy atom. The van der Waals surface area contributed by atoms with Gasteiger partial charge in [-0.3, -0.25) is 0 Å². The largest absolute Gasteiger partial charge is 0.206 e. The SMILES string of the molecule is C/C=C/CCC1CCC(c2ccc(-c3ccc4cc(CCCCC)c(F)c(F)c4c3F)cc2)CC1. The smallest absolute Gasteiger partial charge is 0.169 e. The Bertz CT molecular complexity index is 1150. The summed E-state index contributed by atoms with van der Waals surface area (Å²) in [6.45, 7) is 4.14. The first-order chi connectivity index (χ1) is 17.0. The van der Waals surface area contributed by atoms with Gasteiger partial charge in [0.25, 0.3) is 0 Å². The third kappa shape index (κ3) is 5.82. The lowest BCUT2D eigenvalue weighted by molar-refractivity contribution is 0.312. The molecule has 0 amide bonds. The molecule has 0 spiro atoms. The summed E-state index contributed by atoms with van der Waals surface area (Å²) in [5.41, 5.74) is 2.63. The number of fused-ring (bicyclic) bond motifs is 1. The van der Waals surface area contributed by atoms with Gasteiger partial charge in [-0.25, -0.2) is 13.2 Å². The minimum Gasteiger partial charge on any atom is -0.206 e. The number of aryl methyl sites for hydroxylation is 1. The second kappa shape index (κ2) is 11.9. The van der Waals surface area contributed by atoms with Crippen LogP contribution in [0.25, 0.3) is 21.9 Å². The molecule has 0 heterocycles. The molecule has 0 aromatic heterocycles. The summed E-state index contributed by atoms with van der Waals surface area (Å²) in [6.07, 6.45) is 14.9. The van der Waals surface area contributed by atoms with Crippen LogP contribution in [0.4, 0.5) is 13.2 Å². The normalized spacial score (nSPS) is 18.5. The molecule has 0 nitrogen and oxygen atoms in total. The van der Waals surface area contributed by atoms with Crippen LogP contribution in [0.5, 0.6) is 0 Å². The van der Waals surface area contributed by atoms with Crippen LogP contribution in [0.2, 0.25) is 0 Å². The van der Waals surface area contributed by atoms with Crippen LogP contribution in [0.3, 0.4) is 0 Å². The highest BCUT2D eigenvalue weighted by molar-refractivity contribution is 5.89. The molecule has 3 heteroatoms. The van der Waals surface area contributed by atoms with E-state index in [4.69, 9.17) is 0 Å². The van der Waals surface area contributed by atoms with Crippen LogP contribution in [0.15, 0.2) is 54.6 Å². The van der Waals surface area contributed by atoms with E-state index in [0.717, 1.165) is 25.2 Å². The Hall–Kier alpha value is -2.55. The van der Waals surface area contributed by atoms with Gasteiger partial charge in [-0.1, -0.05) is 68.3 Å². The van der Waals surface area contributed by atoms with Crippen molar-refractivity contribution in [2.75, 3.05) is 0 Å². The quantitative estimate of drug-likeness (QED) is 0.212. The molecule has 4 rings (SSSR count). The lowest BCUT2D eigenvalue weighted by atomic mass is 9.77. The first-order valence-electron chi connectivity index (χ1n) is 13.3. The summed E-state index contributed by atoms with van der Waals surface area (Å²) in [5, 5.41) is 0.166. The van der Waals surface area contributed by atoms with Crippen LogP contribution >= 0.6 is 0 Å². The van der Waals surface area contributed by atoms with Crippen molar-refractivity contribution in [2.24, 2.45) is 5.92 Å². The predicted molar refractivity (Wildman–Crippen MR) is 141 cm³/mol. The Balaban J connectivity index is 1.51. The van der Waals surface area contributed by atoms with Gasteiger partial charge >= 0.3 is 0 Å². The molecule has 1 saturated carbocycles. The summed E-state index contributed by atoms with van der Waals surface area (Å²) < 4.78 is 45.1. The van der Waals surface area contributed by atoms with Crippen LogP contribution in [0, 0.1) is 23.4 Å². The molecule has 0 aliphatic heterocycles. The van der Waals surface area contributed by atoms with E-state index in [1.54, 1.807) is 18.2 Å². The Kier molecular flexibility index (Phi) is 8.70. The van der Waals surface area contributed by atoms with E-state index in [2.05, 4.69) is 38.1 Å².